The molecule has 1 fully saturated rings. The minimum Gasteiger partial charge on any atom is -0.314 e. The topological polar surface area (TPSA) is 15.3 Å². The van der Waals surface area contributed by atoms with Gasteiger partial charge in [-0.15, -0.1) is 24.8 Å². The van der Waals surface area contributed by atoms with Crippen molar-refractivity contribution in [3.63, 3.8) is 0 Å². The van der Waals surface area contributed by atoms with E-state index in [1.54, 1.807) is 12.1 Å². The van der Waals surface area contributed by atoms with Crippen LogP contribution < -0.4 is 5.32 Å². The minimum absolute atomic E-state index is 0. The Bertz CT molecular complexity index is 483. The summed E-state index contributed by atoms with van der Waals surface area (Å²) in [5.74, 6) is 0. The molecule has 1 N–H and O–H groups in total. The molecule has 9 heteroatoms. The van der Waals surface area contributed by atoms with Gasteiger partial charge >= 0.3 is 6.18 Å². The van der Waals surface area contributed by atoms with Crippen LogP contribution in [-0.4, -0.2) is 37.3 Å². The van der Waals surface area contributed by atoms with E-state index in [9.17, 15) is 13.2 Å². The first kappa shape index (κ1) is 23.3. The maximum atomic E-state index is 12.6. The molecule has 134 valence electrons. The van der Waals surface area contributed by atoms with E-state index in [0.29, 0.717) is 5.02 Å². The second-order valence-corrected chi connectivity index (χ2v) is 6.44. The highest BCUT2D eigenvalue weighted by atomic mass is 79.9. The maximum absolute atomic E-state index is 12.6. The summed E-state index contributed by atoms with van der Waals surface area (Å²) in [7, 11) is 0. The summed E-state index contributed by atoms with van der Waals surface area (Å²) in [6.07, 6.45) is -4.92. The van der Waals surface area contributed by atoms with Crippen LogP contribution in [0.1, 0.15) is 24.4 Å². The summed E-state index contributed by atoms with van der Waals surface area (Å²) in [4.78, 5) is 2.08. The molecule has 0 spiro atoms. The summed E-state index contributed by atoms with van der Waals surface area (Å²) >= 11 is 9.58. The molecule has 1 aromatic carbocycles. The number of alkyl halides is 3. The number of halogens is 7. The quantitative estimate of drug-likeness (QED) is 0.664. The van der Waals surface area contributed by atoms with E-state index < -0.39 is 12.6 Å². The molecular weight excluding hydrogens is 439 g/mol. The van der Waals surface area contributed by atoms with Gasteiger partial charge in [-0.3, -0.25) is 4.90 Å². The molecule has 2 rings (SSSR count). The van der Waals surface area contributed by atoms with E-state index in [4.69, 9.17) is 11.6 Å². The Morgan fingerprint density at radius 1 is 1.22 bits per heavy atom. The van der Waals surface area contributed by atoms with E-state index in [2.05, 4.69) is 26.1 Å². The molecule has 0 aromatic heterocycles. The van der Waals surface area contributed by atoms with Crippen molar-refractivity contribution in [2.24, 2.45) is 0 Å². The fourth-order valence-electron chi connectivity index (χ4n) is 2.60. The van der Waals surface area contributed by atoms with Gasteiger partial charge in [-0.2, -0.15) is 13.2 Å². The fourth-order valence-corrected chi connectivity index (χ4v) is 3.22. The number of rotatable bonds is 4. The van der Waals surface area contributed by atoms with E-state index in [1.165, 1.54) is 0 Å². The summed E-state index contributed by atoms with van der Waals surface area (Å²) in [6.45, 7) is 3.03. The van der Waals surface area contributed by atoms with Gasteiger partial charge in [0.05, 0.1) is 0 Å². The molecule has 0 bridgehead atoms. The highest BCUT2D eigenvalue weighted by Gasteiger charge is 2.32. The SMILES string of the molecule is Cl.Cl.FC(F)(F)CC[C@H](c1cc(Br)ccc1Cl)N1CCNCC1. The van der Waals surface area contributed by atoms with Crippen LogP contribution in [0.5, 0.6) is 0 Å². The lowest BCUT2D eigenvalue weighted by atomic mass is 9.99. The molecular formula is C14H19BrCl3F3N2. The number of hydrogen-bond acceptors (Lipinski definition) is 2. The lowest BCUT2D eigenvalue weighted by molar-refractivity contribution is -0.138. The van der Waals surface area contributed by atoms with Gasteiger partial charge < -0.3 is 5.32 Å². The highest BCUT2D eigenvalue weighted by molar-refractivity contribution is 9.10. The van der Waals surface area contributed by atoms with Crippen molar-refractivity contribution in [2.45, 2.75) is 25.1 Å². The van der Waals surface area contributed by atoms with Crippen molar-refractivity contribution < 1.29 is 13.2 Å². The number of nitrogens with one attached hydrogen (secondary N) is 1. The molecule has 0 radical (unpaired) electrons. The predicted molar refractivity (Wildman–Crippen MR) is 96.1 cm³/mol. The third kappa shape index (κ3) is 7.36. The van der Waals surface area contributed by atoms with E-state index in [0.717, 1.165) is 36.2 Å². The van der Waals surface area contributed by atoms with Crippen LogP contribution in [0.25, 0.3) is 0 Å². The van der Waals surface area contributed by atoms with Gasteiger partial charge in [0.2, 0.25) is 0 Å². The first-order chi connectivity index (χ1) is 9.87. The summed E-state index contributed by atoms with van der Waals surface area (Å²) < 4.78 is 38.6. The van der Waals surface area contributed by atoms with Crippen molar-refractivity contribution in [3.05, 3.63) is 33.3 Å². The standard InChI is InChI=1S/C14H17BrClF3N2.2ClH/c15-10-1-2-12(16)11(9-10)13(3-4-14(17,18)19)21-7-5-20-6-8-21;;/h1-2,9,13,20H,3-8H2;2*1H/t13-;;/m1../s1. The van der Waals surface area contributed by atoms with Crippen molar-refractivity contribution in [1.29, 1.82) is 0 Å². The molecule has 1 aliphatic heterocycles. The molecule has 1 aliphatic rings. The number of hydrogen-bond donors (Lipinski definition) is 1. The molecule has 0 unspecified atom stereocenters. The van der Waals surface area contributed by atoms with Gasteiger partial charge in [-0.05, 0) is 30.2 Å². The van der Waals surface area contributed by atoms with Crippen LogP contribution in [0.15, 0.2) is 22.7 Å². The van der Waals surface area contributed by atoms with E-state index in [-0.39, 0.29) is 37.3 Å². The Hall–Kier alpha value is 0.280. The molecule has 0 amide bonds. The van der Waals surface area contributed by atoms with Crippen LogP contribution >= 0.6 is 52.3 Å². The monoisotopic (exact) mass is 456 g/mol. The Balaban J connectivity index is 0.00000242. The zero-order chi connectivity index (χ0) is 15.5. The average molecular weight is 459 g/mol. The van der Waals surface area contributed by atoms with Crippen molar-refractivity contribution in [3.8, 4) is 0 Å². The van der Waals surface area contributed by atoms with Crippen LogP contribution in [0, 0.1) is 0 Å². The Labute approximate surface area is 160 Å². The average Bonchev–Trinajstić information content (AvgIpc) is 2.43. The van der Waals surface area contributed by atoms with Crippen molar-refractivity contribution in [1.82, 2.24) is 10.2 Å². The second kappa shape index (κ2) is 10.3. The van der Waals surface area contributed by atoms with Crippen LogP contribution in [0.3, 0.4) is 0 Å². The van der Waals surface area contributed by atoms with Crippen LogP contribution in [0.4, 0.5) is 13.2 Å². The van der Waals surface area contributed by atoms with Crippen LogP contribution in [0.2, 0.25) is 5.02 Å². The molecule has 0 saturated carbocycles. The minimum atomic E-state index is -4.15. The zero-order valence-corrected chi connectivity index (χ0v) is 16.2. The van der Waals surface area contributed by atoms with Gasteiger partial charge in [-0.25, -0.2) is 0 Å². The number of nitrogens with zero attached hydrogens (tertiary/aromatic N) is 1. The first-order valence-corrected chi connectivity index (χ1v) is 8.00. The predicted octanol–water partition coefficient (Wildman–Crippen LogP) is 5.23. The summed E-state index contributed by atoms with van der Waals surface area (Å²) in [5.41, 5.74) is 0.761. The molecule has 1 aromatic rings. The molecule has 2 nitrogen and oxygen atoms in total. The Kier molecular flexibility index (Phi) is 10.4. The molecule has 1 saturated heterocycles. The van der Waals surface area contributed by atoms with Gasteiger partial charge in [0.25, 0.3) is 0 Å². The van der Waals surface area contributed by atoms with Crippen molar-refractivity contribution in [2.75, 3.05) is 26.2 Å². The van der Waals surface area contributed by atoms with Gasteiger partial charge in [0, 0.05) is 48.1 Å². The first-order valence-electron chi connectivity index (χ1n) is 6.83. The lowest BCUT2D eigenvalue weighted by Gasteiger charge is -2.36. The molecule has 1 heterocycles. The fraction of sp³-hybridized carbons (Fsp3) is 0.571. The van der Waals surface area contributed by atoms with Crippen LogP contribution in [-0.2, 0) is 0 Å². The summed E-state index contributed by atoms with van der Waals surface area (Å²) in [5, 5.41) is 3.73. The second-order valence-electron chi connectivity index (χ2n) is 5.12. The smallest absolute Gasteiger partial charge is 0.314 e. The highest BCUT2D eigenvalue weighted by Crippen LogP contribution is 2.36. The number of piperazine rings is 1. The zero-order valence-electron chi connectivity index (χ0n) is 12.2. The Morgan fingerprint density at radius 3 is 2.39 bits per heavy atom. The van der Waals surface area contributed by atoms with Gasteiger partial charge in [0.1, 0.15) is 0 Å². The van der Waals surface area contributed by atoms with E-state index in [1.807, 2.05) is 6.07 Å². The van der Waals surface area contributed by atoms with Gasteiger partial charge in [-0.1, -0.05) is 27.5 Å². The van der Waals surface area contributed by atoms with E-state index >= 15 is 0 Å². The normalized spacial score (nSPS) is 17.1. The Morgan fingerprint density at radius 2 is 1.83 bits per heavy atom. The lowest BCUT2D eigenvalue weighted by Crippen LogP contribution is -2.45. The third-order valence-electron chi connectivity index (χ3n) is 3.61. The molecule has 23 heavy (non-hydrogen) atoms. The molecule has 1 atom stereocenters. The van der Waals surface area contributed by atoms with Gasteiger partial charge in [0.15, 0.2) is 0 Å². The maximum Gasteiger partial charge on any atom is 0.389 e. The molecule has 0 aliphatic carbocycles. The summed E-state index contributed by atoms with van der Waals surface area (Å²) in [6, 6.07) is 5.04. The van der Waals surface area contributed by atoms with Crippen molar-refractivity contribution >= 4 is 52.3 Å². The largest absolute Gasteiger partial charge is 0.389 e. The third-order valence-corrected chi connectivity index (χ3v) is 4.45. The number of benzene rings is 1.